The molecule has 0 radical (unpaired) electrons. The van der Waals surface area contributed by atoms with Crippen molar-refractivity contribution in [3.8, 4) is 16.3 Å². The number of benzene rings is 2. The van der Waals surface area contributed by atoms with Gasteiger partial charge in [0.2, 0.25) is 0 Å². The van der Waals surface area contributed by atoms with E-state index < -0.39 is 0 Å². The Bertz CT molecular complexity index is 700. The summed E-state index contributed by atoms with van der Waals surface area (Å²) in [7, 11) is 0. The fraction of sp³-hybridized carbons (Fsp3) is 0. The van der Waals surface area contributed by atoms with Crippen LogP contribution in [0, 0.1) is 12.1 Å². The van der Waals surface area contributed by atoms with E-state index in [1.807, 2.05) is 66.2 Å². The minimum Gasteiger partial charge on any atom is -0.293 e. The molecule has 0 saturated carbocycles. The van der Waals surface area contributed by atoms with Crippen molar-refractivity contribution < 1.29 is 21.1 Å². The van der Waals surface area contributed by atoms with Crippen molar-refractivity contribution >= 4 is 11.3 Å². The van der Waals surface area contributed by atoms with Crippen molar-refractivity contribution in [2.24, 2.45) is 0 Å². The van der Waals surface area contributed by atoms with Crippen molar-refractivity contribution in [2.75, 3.05) is 0 Å². The SMILES string of the molecule is [Pt+2].[c-]1ccccc1-c1nccs1.[c-]1ccccc1-n1cccn1. The van der Waals surface area contributed by atoms with Crippen LogP contribution < -0.4 is 0 Å². The fourth-order valence-electron chi connectivity index (χ4n) is 1.82. The second-order valence-corrected chi connectivity index (χ2v) is 5.21. The summed E-state index contributed by atoms with van der Waals surface area (Å²) in [6.07, 6.45) is 5.45. The second-order valence-electron chi connectivity index (χ2n) is 4.31. The first kappa shape index (κ1) is 17.3. The van der Waals surface area contributed by atoms with Gasteiger partial charge in [0.15, 0.2) is 0 Å². The fourth-order valence-corrected chi connectivity index (χ4v) is 2.45. The van der Waals surface area contributed by atoms with Gasteiger partial charge in [-0.3, -0.25) is 9.67 Å². The van der Waals surface area contributed by atoms with Crippen molar-refractivity contribution in [1.29, 1.82) is 0 Å². The number of hydrogen-bond donors (Lipinski definition) is 0. The zero-order valence-electron chi connectivity index (χ0n) is 12.1. The number of thiazole rings is 1. The van der Waals surface area contributed by atoms with Gasteiger partial charge in [-0.15, -0.1) is 42.0 Å². The maximum absolute atomic E-state index is 4.17. The Morgan fingerprint density at radius 3 is 2.30 bits per heavy atom. The normalized spacial score (nSPS) is 9.39. The molecule has 0 spiro atoms. The molecule has 5 heteroatoms. The summed E-state index contributed by atoms with van der Waals surface area (Å²) < 4.78 is 1.78. The van der Waals surface area contributed by atoms with E-state index in [1.165, 1.54) is 0 Å². The average molecular weight is 498 g/mol. The first-order chi connectivity index (χ1) is 10.9. The van der Waals surface area contributed by atoms with E-state index in [0.717, 1.165) is 16.3 Å². The molecule has 0 unspecified atom stereocenters. The molecule has 2 heterocycles. The Balaban J connectivity index is 0.000000160. The maximum atomic E-state index is 4.17. The quantitative estimate of drug-likeness (QED) is 0.387. The number of para-hydroxylation sites is 1. The summed E-state index contributed by atoms with van der Waals surface area (Å²) in [5.41, 5.74) is 2.04. The van der Waals surface area contributed by atoms with Gasteiger partial charge in [0, 0.05) is 29.0 Å². The summed E-state index contributed by atoms with van der Waals surface area (Å²) in [6.45, 7) is 0. The molecule has 2 aromatic carbocycles. The van der Waals surface area contributed by atoms with Gasteiger partial charge in [-0.05, 0) is 11.8 Å². The molecule has 0 N–H and O–H groups in total. The van der Waals surface area contributed by atoms with Gasteiger partial charge in [-0.25, -0.2) is 0 Å². The first-order valence-electron chi connectivity index (χ1n) is 6.77. The van der Waals surface area contributed by atoms with Gasteiger partial charge in [0.05, 0.1) is 0 Å². The van der Waals surface area contributed by atoms with Crippen molar-refractivity contribution in [3.05, 3.63) is 90.7 Å². The zero-order chi connectivity index (χ0) is 15.0. The third-order valence-corrected chi connectivity index (χ3v) is 3.62. The summed E-state index contributed by atoms with van der Waals surface area (Å²) in [5, 5.41) is 7.07. The molecular weight excluding hydrogens is 485 g/mol. The van der Waals surface area contributed by atoms with E-state index in [4.69, 9.17) is 0 Å². The Morgan fingerprint density at radius 1 is 0.913 bits per heavy atom. The molecule has 0 bridgehead atoms. The smallest absolute Gasteiger partial charge is 0.293 e. The van der Waals surface area contributed by atoms with Gasteiger partial charge in [-0.1, -0.05) is 0 Å². The molecule has 0 atom stereocenters. The van der Waals surface area contributed by atoms with Crippen molar-refractivity contribution in [1.82, 2.24) is 14.8 Å². The number of hydrogen-bond acceptors (Lipinski definition) is 3. The third-order valence-electron chi connectivity index (χ3n) is 2.82. The Hall–Kier alpha value is -2.03. The molecule has 3 nitrogen and oxygen atoms in total. The number of nitrogens with zero attached hydrogens (tertiary/aromatic N) is 3. The van der Waals surface area contributed by atoms with Crippen LogP contribution in [0.2, 0.25) is 0 Å². The van der Waals surface area contributed by atoms with E-state index in [1.54, 1.807) is 28.4 Å². The summed E-state index contributed by atoms with van der Waals surface area (Å²) >= 11 is 1.63. The second kappa shape index (κ2) is 9.18. The van der Waals surface area contributed by atoms with Crippen LogP contribution in [0.5, 0.6) is 0 Å². The molecule has 0 saturated heterocycles. The molecule has 2 aromatic heterocycles. The molecule has 116 valence electrons. The van der Waals surface area contributed by atoms with Crippen LogP contribution in [0.1, 0.15) is 0 Å². The number of rotatable bonds is 2. The topological polar surface area (TPSA) is 30.7 Å². The van der Waals surface area contributed by atoms with Crippen molar-refractivity contribution in [2.45, 2.75) is 0 Å². The molecule has 4 aromatic rings. The van der Waals surface area contributed by atoms with Crippen LogP contribution in [-0.2, 0) is 21.1 Å². The Kier molecular flexibility index (Phi) is 6.92. The molecule has 23 heavy (non-hydrogen) atoms. The predicted octanol–water partition coefficient (Wildman–Crippen LogP) is 4.28. The summed E-state index contributed by atoms with van der Waals surface area (Å²) in [4.78, 5) is 4.17. The minimum atomic E-state index is 0. The van der Waals surface area contributed by atoms with E-state index in [2.05, 4.69) is 22.2 Å². The molecule has 0 aliphatic rings. The maximum Gasteiger partial charge on any atom is 2.00 e. The molecule has 4 rings (SSSR count). The largest absolute Gasteiger partial charge is 2.00 e. The number of aromatic nitrogens is 3. The van der Waals surface area contributed by atoms with Crippen LogP contribution >= 0.6 is 11.3 Å². The van der Waals surface area contributed by atoms with E-state index in [0.29, 0.717) is 0 Å². The minimum absolute atomic E-state index is 0. The van der Waals surface area contributed by atoms with E-state index >= 15 is 0 Å². The monoisotopic (exact) mass is 498 g/mol. The van der Waals surface area contributed by atoms with Gasteiger partial charge < -0.3 is 0 Å². The Morgan fingerprint density at radius 2 is 1.74 bits per heavy atom. The predicted molar refractivity (Wildman–Crippen MR) is 88.8 cm³/mol. The molecule has 0 amide bonds. The average Bonchev–Trinajstić information content (AvgIpc) is 3.31. The molecule has 0 fully saturated rings. The molecule has 0 aliphatic carbocycles. The summed E-state index contributed by atoms with van der Waals surface area (Å²) in [5.74, 6) is 0. The van der Waals surface area contributed by atoms with Gasteiger partial charge >= 0.3 is 21.1 Å². The van der Waals surface area contributed by atoms with Gasteiger partial charge in [0.25, 0.3) is 0 Å². The molecular formula is C18H13N3PtS. The van der Waals surface area contributed by atoms with Crippen LogP contribution in [0.3, 0.4) is 0 Å². The van der Waals surface area contributed by atoms with Gasteiger partial charge in [-0.2, -0.15) is 40.7 Å². The van der Waals surface area contributed by atoms with Crippen LogP contribution in [0.4, 0.5) is 0 Å². The zero-order valence-corrected chi connectivity index (χ0v) is 15.2. The standard InChI is InChI=1S/C9H7N2.C9H6NS.Pt/c1-2-5-9(6-3-1)11-8-4-7-10-11;1-2-4-8(5-3-1)9-10-6-7-11-9;/h1-5,7-8H;1-4,6-7H;/q2*-1;+2. The van der Waals surface area contributed by atoms with E-state index in [9.17, 15) is 0 Å². The van der Waals surface area contributed by atoms with Crippen LogP contribution in [0.15, 0.2) is 78.6 Å². The Labute approximate surface area is 153 Å². The van der Waals surface area contributed by atoms with Crippen LogP contribution in [-0.4, -0.2) is 14.8 Å². The summed E-state index contributed by atoms with van der Waals surface area (Å²) in [6, 6.07) is 23.7. The van der Waals surface area contributed by atoms with Crippen molar-refractivity contribution in [3.63, 3.8) is 0 Å². The van der Waals surface area contributed by atoms with Crippen LogP contribution in [0.25, 0.3) is 16.3 Å². The van der Waals surface area contributed by atoms with E-state index in [-0.39, 0.29) is 21.1 Å². The third kappa shape index (κ3) is 4.98. The first-order valence-corrected chi connectivity index (χ1v) is 7.65. The van der Waals surface area contributed by atoms with Gasteiger partial charge in [0.1, 0.15) is 0 Å². The molecule has 0 aliphatic heterocycles.